The van der Waals surface area contributed by atoms with Gasteiger partial charge in [0.25, 0.3) is 0 Å². The summed E-state index contributed by atoms with van der Waals surface area (Å²) in [6.07, 6.45) is 0.977. The molecule has 0 aliphatic carbocycles. The van der Waals surface area contributed by atoms with Gasteiger partial charge in [-0.1, -0.05) is 12.1 Å². The van der Waals surface area contributed by atoms with Gasteiger partial charge in [0, 0.05) is 6.42 Å². The number of ether oxygens (including phenoxy) is 1. The topological polar surface area (TPSA) is 41.5 Å². The zero-order valence-electron chi connectivity index (χ0n) is 8.29. The summed E-state index contributed by atoms with van der Waals surface area (Å²) in [5, 5.41) is 12.2. The minimum Gasteiger partial charge on any atom is -0.493 e. The van der Waals surface area contributed by atoms with Crippen LogP contribution in [0.3, 0.4) is 0 Å². The smallest absolute Gasteiger partial charge is 0.122 e. The summed E-state index contributed by atoms with van der Waals surface area (Å²) in [5.74, 6) is 0.988. The number of hydrogen-bond donors (Lipinski definition) is 2. The van der Waals surface area contributed by atoms with Crippen molar-refractivity contribution in [1.82, 2.24) is 5.32 Å². The van der Waals surface area contributed by atoms with Gasteiger partial charge in [0.2, 0.25) is 0 Å². The number of likely N-dealkylation sites (N-methyl/N-ethyl adjacent to an activating group) is 1. The molecule has 1 aromatic rings. The van der Waals surface area contributed by atoms with Crippen molar-refractivity contribution < 1.29 is 9.84 Å². The Morgan fingerprint density at radius 3 is 3.14 bits per heavy atom. The van der Waals surface area contributed by atoms with E-state index in [1.807, 2.05) is 19.2 Å². The number of benzene rings is 1. The zero-order valence-corrected chi connectivity index (χ0v) is 8.29. The maximum atomic E-state index is 9.13. The van der Waals surface area contributed by atoms with E-state index in [9.17, 15) is 0 Å². The van der Waals surface area contributed by atoms with Gasteiger partial charge in [-0.3, -0.25) is 0 Å². The van der Waals surface area contributed by atoms with Gasteiger partial charge in [0.1, 0.15) is 5.75 Å². The van der Waals surface area contributed by atoms with Crippen LogP contribution in [0.4, 0.5) is 0 Å². The Labute approximate surface area is 83.7 Å². The number of nitrogens with one attached hydrogen (secondary N) is 1. The molecule has 1 heterocycles. The number of hydrogen-bond acceptors (Lipinski definition) is 3. The van der Waals surface area contributed by atoms with Gasteiger partial charge in [0.15, 0.2) is 0 Å². The molecular weight excluding hydrogens is 178 g/mol. The molecule has 1 aliphatic heterocycles. The van der Waals surface area contributed by atoms with Crippen molar-refractivity contribution in [2.75, 3.05) is 20.3 Å². The lowest BCUT2D eigenvalue weighted by Gasteiger charge is -2.14. The van der Waals surface area contributed by atoms with Crippen LogP contribution in [0.5, 0.6) is 5.75 Å². The maximum absolute atomic E-state index is 9.13. The largest absolute Gasteiger partial charge is 0.493 e. The van der Waals surface area contributed by atoms with E-state index in [0.717, 1.165) is 24.3 Å². The van der Waals surface area contributed by atoms with Gasteiger partial charge < -0.3 is 15.2 Å². The lowest BCUT2D eigenvalue weighted by atomic mass is 10.0. The van der Waals surface area contributed by atoms with E-state index < -0.39 is 0 Å². The van der Waals surface area contributed by atoms with Crippen LogP contribution in [0.25, 0.3) is 0 Å². The Balaban J connectivity index is 2.27. The molecule has 0 saturated carbocycles. The Bertz CT molecular complexity index is 321. The zero-order chi connectivity index (χ0) is 9.97. The molecule has 0 bridgehead atoms. The molecule has 2 rings (SSSR count). The van der Waals surface area contributed by atoms with E-state index in [1.54, 1.807) is 0 Å². The molecule has 0 radical (unpaired) electrons. The summed E-state index contributed by atoms with van der Waals surface area (Å²) >= 11 is 0. The molecule has 0 unspecified atom stereocenters. The van der Waals surface area contributed by atoms with Crippen LogP contribution in [-0.4, -0.2) is 25.4 Å². The second-order valence-electron chi connectivity index (χ2n) is 3.49. The molecular formula is C11H15NO2. The highest BCUT2D eigenvalue weighted by Crippen LogP contribution is 2.27. The molecule has 1 aromatic carbocycles. The number of fused-ring (bicyclic) bond motifs is 1. The van der Waals surface area contributed by atoms with Gasteiger partial charge in [-0.25, -0.2) is 0 Å². The van der Waals surface area contributed by atoms with Crippen LogP contribution in [0.1, 0.15) is 17.2 Å². The number of aliphatic hydroxyl groups is 1. The Morgan fingerprint density at radius 2 is 2.43 bits per heavy atom. The van der Waals surface area contributed by atoms with Gasteiger partial charge in [-0.05, 0) is 24.2 Å². The van der Waals surface area contributed by atoms with Crippen molar-refractivity contribution >= 4 is 0 Å². The molecule has 0 fully saturated rings. The molecule has 0 saturated heterocycles. The van der Waals surface area contributed by atoms with Crippen LogP contribution in [0.15, 0.2) is 18.2 Å². The molecule has 3 nitrogen and oxygen atoms in total. The number of aliphatic hydroxyl groups excluding tert-OH is 1. The minimum absolute atomic E-state index is 0.0286. The fraction of sp³-hybridized carbons (Fsp3) is 0.455. The maximum Gasteiger partial charge on any atom is 0.122 e. The van der Waals surface area contributed by atoms with Crippen molar-refractivity contribution in [3.05, 3.63) is 29.3 Å². The molecule has 14 heavy (non-hydrogen) atoms. The van der Waals surface area contributed by atoms with Gasteiger partial charge >= 0.3 is 0 Å². The van der Waals surface area contributed by atoms with Crippen molar-refractivity contribution in [2.45, 2.75) is 12.5 Å². The van der Waals surface area contributed by atoms with Gasteiger partial charge in [0.05, 0.1) is 19.3 Å². The van der Waals surface area contributed by atoms with E-state index in [4.69, 9.17) is 9.84 Å². The molecule has 0 spiro atoms. The van der Waals surface area contributed by atoms with E-state index in [0.29, 0.717) is 0 Å². The second kappa shape index (κ2) is 3.98. The molecule has 1 aliphatic rings. The van der Waals surface area contributed by atoms with Crippen molar-refractivity contribution in [2.24, 2.45) is 0 Å². The highest BCUT2D eigenvalue weighted by atomic mass is 16.5. The normalized spacial score (nSPS) is 16.1. The van der Waals surface area contributed by atoms with Crippen molar-refractivity contribution in [3.63, 3.8) is 0 Å². The summed E-state index contributed by atoms with van der Waals surface area (Å²) < 4.78 is 5.42. The Morgan fingerprint density at radius 1 is 1.57 bits per heavy atom. The predicted molar refractivity (Wildman–Crippen MR) is 54.5 cm³/mol. The van der Waals surface area contributed by atoms with Gasteiger partial charge in [-0.2, -0.15) is 0 Å². The summed E-state index contributed by atoms with van der Waals surface area (Å²) in [6, 6.07) is 6.12. The SMILES string of the molecule is CN[C@H](CO)c1ccc2c(c1)CCO2. The lowest BCUT2D eigenvalue weighted by Crippen LogP contribution is -2.19. The van der Waals surface area contributed by atoms with Crippen molar-refractivity contribution in [3.8, 4) is 5.75 Å². The fourth-order valence-electron chi connectivity index (χ4n) is 1.79. The first-order valence-electron chi connectivity index (χ1n) is 4.89. The summed E-state index contributed by atoms with van der Waals surface area (Å²) in [7, 11) is 1.85. The van der Waals surface area contributed by atoms with Crippen LogP contribution < -0.4 is 10.1 Å². The third-order valence-corrected chi connectivity index (χ3v) is 2.65. The van der Waals surface area contributed by atoms with E-state index in [-0.39, 0.29) is 12.6 Å². The molecule has 0 amide bonds. The average Bonchev–Trinajstić information content (AvgIpc) is 2.66. The van der Waals surface area contributed by atoms with Crippen molar-refractivity contribution in [1.29, 1.82) is 0 Å². The molecule has 76 valence electrons. The van der Waals surface area contributed by atoms with E-state index >= 15 is 0 Å². The van der Waals surface area contributed by atoms with Crippen LogP contribution in [0.2, 0.25) is 0 Å². The third kappa shape index (κ3) is 1.61. The van der Waals surface area contributed by atoms with Crippen LogP contribution in [0, 0.1) is 0 Å². The summed E-state index contributed by atoms with van der Waals surface area (Å²) in [6.45, 7) is 0.901. The Kier molecular flexibility index (Phi) is 2.70. The molecule has 0 aromatic heterocycles. The highest BCUT2D eigenvalue weighted by Gasteiger charge is 2.15. The first-order chi connectivity index (χ1) is 6.85. The summed E-state index contributed by atoms with van der Waals surface area (Å²) in [5.41, 5.74) is 2.37. The summed E-state index contributed by atoms with van der Waals surface area (Å²) in [4.78, 5) is 0. The standard InChI is InChI=1S/C11H15NO2/c1-12-10(7-13)8-2-3-11-9(6-8)4-5-14-11/h2-3,6,10,12-13H,4-5,7H2,1H3/t10-/m1/s1. The third-order valence-electron chi connectivity index (χ3n) is 2.65. The van der Waals surface area contributed by atoms with E-state index in [2.05, 4.69) is 11.4 Å². The minimum atomic E-state index is 0.0286. The average molecular weight is 193 g/mol. The molecule has 3 heteroatoms. The van der Waals surface area contributed by atoms with Crippen LogP contribution >= 0.6 is 0 Å². The molecule has 1 atom stereocenters. The number of rotatable bonds is 3. The fourth-order valence-corrected chi connectivity index (χ4v) is 1.79. The Hall–Kier alpha value is -1.06. The van der Waals surface area contributed by atoms with Gasteiger partial charge in [-0.15, -0.1) is 0 Å². The first kappa shape index (κ1) is 9.49. The second-order valence-corrected chi connectivity index (χ2v) is 3.49. The van der Waals surface area contributed by atoms with E-state index in [1.165, 1.54) is 5.56 Å². The lowest BCUT2D eigenvalue weighted by molar-refractivity contribution is 0.251. The predicted octanol–water partition coefficient (Wildman–Crippen LogP) is 0.874. The highest BCUT2D eigenvalue weighted by molar-refractivity contribution is 5.40. The monoisotopic (exact) mass is 193 g/mol. The quantitative estimate of drug-likeness (QED) is 0.748. The van der Waals surface area contributed by atoms with Crippen LogP contribution in [-0.2, 0) is 6.42 Å². The first-order valence-corrected chi connectivity index (χ1v) is 4.89. The molecule has 2 N–H and O–H groups in total.